The second kappa shape index (κ2) is 10.5. The average Bonchev–Trinajstić information content (AvgIpc) is 2.62. The summed E-state index contributed by atoms with van der Waals surface area (Å²) in [6.45, 7) is 10.6. The van der Waals surface area contributed by atoms with E-state index in [1.165, 1.54) is 27.4 Å². The van der Waals surface area contributed by atoms with Crippen LogP contribution >= 0.6 is 0 Å². The summed E-state index contributed by atoms with van der Waals surface area (Å²) in [7, 11) is 4.02. The maximum absolute atomic E-state index is 4.45. The van der Waals surface area contributed by atoms with Crippen LogP contribution in [0.3, 0.4) is 0 Å². The summed E-state index contributed by atoms with van der Waals surface area (Å²) >= 11 is 0. The molecule has 0 amide bonds. The molecule has 1 heterocycles. The first kappa shape index (κ1) is 20.8. The van der Waals surface area contributed by atoms with Crippen LogP contribution in [0.5, 0.6) is 0 Å². The zero-order valence-electron chi connectivity index (χ0n) is 16.9. The molecule has 1 aromatic rings. The van der Waals surface area contributed by atoms with Crippen LogP contribution in [0.4, 0.5) is 5.82 Å². The molecule has 0 radical (unpaired) electrons. The van der Waals surface area contributed by atoms with Crippen LogP contribution in [0.15, 0.2) is 47.5 Å². The summed E-state index contributed by atoms with van der Waals surface area (Å²) in [5.41, 5.74) is 3.66. The minimum absolute atomic E-state index is 0.882. The number of hydrogen-bond donors (Lipinski definition) is 1. The lowest BCUT2D eigenvalue weighted by Gasteiger charge is -2.24. The third kappa shape index (κ3) is 5.63. The Morgan fingerprint density at radius 3 is 2.40 bits per heavy atom. The molecule has 0 atom stereocenters. The fourth-order valence-electron chi connectivity index (χ4n) is 2.78. The minimum Gasteiger partial charge on any atom is -0.373 e. The second-order valence-corrected chi connectivity index (χ2v) is 5.94. The average molecular weight is 340 g/mol. The number of nitrogens with zero attached hydrogens (tertiary/aromatic N) is 2. The van der Waals surface area contributed by atoms with Crippen LogP contribution in [0.25, 0.3) is 12.2 Å². The number of aromatic nitrogens is 1. The Kier molecular flexibility index (Phi) is 8.76. The molecule has 0 fully saturated rings. The van der Waals surface area contributed by atoms with Gasteiger partial charge in [0.05, 0.1) is 0 Å². The Hall–Kier alpha value is -2.29. The summed E-state index contributed by atoms with van der Waals surface area (Å²) in [5, 5.41) is 5.48. The van der Waals surface area contributed by atoms with Crippen molar-refractivity contribution in [1.29, 1.82) is 0 Å². The fourth-order valence-corrected chi connectivity index (χ4v) is 2.78. The Bertz CT molecular complexity index is 767. The second-order valence-electron chi connectivity index (χ2n) is 5.94. The van der Waals surface area contributed by atoms with Crippen LogP contribution in [-0.4, -0.2) is 24.0 Å². The van der Waals surface area contributed by atoms with Crippen LogP contribution < -0.4 is 15.8 Å². The quantitative estimate of drug-likeness (QED) is 0.755. The Balaban J connectivity index is 3.49. The summed E-state index contributed by atoms with van der Waals surface area (Å²) in [4.78, 5) is 6.70. The predicted molar refractivity (Wildman–Crippen MR) is 112 cm³/mol. The van der Waals surface area contributed by atoms with Crippen molar-refractivity contribution in [3.05, 3.63) is 57.9 Å². The monoisotopic (exact) mass is 339 g/mol. The van der Waals surface area contributed by atoms with E-state index in [1.54, 1.807) is 0 Å². The van der Waals surface area contributed by atoms with Gasteiger partial charge in [-0.15, -0.1) is 0 Å². The molecule has 0 aliphatic heterocycles. The number of hydrogen-bond acceptors (Lipinski definition) is 3. The van der Waals surface area contributed by atoms with E-state index in [2.05, 4.69) is 93.3 Å². The number of pyridine rings is 1. The molecule has 0 aliphatic rings. The van der Waals surface area contributed by atoms with E-state index in [1.807, 2.05) is 13.2 Å². The Morgan fingerprint density at radius 2 is 1.88 bits per heavy atom. The molecule has 1 N–H and O–H groups in total. The molecule has 0 saturated heterocycles. The summed E-state index contributed by atoms with van der Waals surface area (Å²) in [5.74, 6) is 0.882. The third-order valence-corrected chi connectivity index (χ3v) is 4.23. The van der Waals surface area contributed by atoms with E-state index in [0.29, 0.717) is 0 Å². The molecule has 3 heteroatoms. The number of rotatable bonds is 7. The lowest BCUT2D eigenvalue weighted by Crippen LogP contribution is -2.27. The zero-order chi connectivity index (χ0) is 18.8. The third-order valence-electron chi connectivity index (χ3n) is 4.23. The van der Waals surface area contributed by atoms with Crippen molar-refractivity contribution in [2.24, 2.45) is 0 Å². The number of likely N-dealkylation sites (N-methyl/N-ethyl adjacent to an activating group) is 1. The van der Waals surface area contributed by atoms with Crippen molar-refractivity contribution < 1.29 is 0 Å². The summed E-state index contributed by atoms with van der Waals surface area (Å²) in [6, 6.07) is 2.10. The molecular formula is C22H33N3. The predicted octanol–water partition coefficient (Wildman–Crippen LogP) is 4.19. The van der Waals surface area contributed by atoms with Crippen molar-refractivity contribution >= 4 is 18.0 Å². The number of allylic oxidation sites excluding steroid dienone is 5. The van der Waals surface area contributed by atoms with Crippen LogP contribution in [0.2, 0.25) is 0 Å². The summed E-state index contributed by atoms with van der Waals surface area (Å²) < 4.78 is 0. The van der Waals surface area contributed by atoms with Gasteiger partial charge in [0.15, 0.2) is 0 Å². The van der Waals surface area contributed by atoms with Gasteiger partial charge in [-0.2, -0.15) is 0 Å². The molecule has 0 aliphatic carbocycles. The molecule has 0 saturated carbocycles. The molecule has 0 spiro atoms. The molecular weight excluding hydrogens is 306 g/mol. The van der Waals surface area contributed by atoms with Gasteiger partial charge in [-0.05, 0) is 61.8 Å². The van der Waals surface area contributed by atoms with Crippen LogP contribution in [0.1, 0.15) is 47.5 Å². The zero-order valence-corrected chi connectivity index (χ0v) is 16.9. The Labute approximate surface area is 153 Å². The molecule has 1 rings (SSSR count). The smallest absolute Gasteiger partial charge is 0.126 e. The minimum atomic E-state index is 0.882. The van der Waals surface area contributed by atoms with Gasteiger partial charge in [-0.25, -0.2) is 4.98 Å². The van der Waals surface area contributed by atoms with E-state index in [4.69, 9.17) is 0 Å². The highest BCUT2D eigenvalue weighted by atomic mass is 15.1. The van der Waals surface area contributed by atoms with Crippen molar-refractivity contribution in [2.75, 3.05) is 19.4 Å². The van der Waals surface area contributed by atoms with E-state index in [-0.39, 0.29) is 0 Å². The van der Waals surface area contributed by atoms with Crippen molar-refractivity contribution in [3.8, 4) is 0 Å². The molecule has 0 unspecified atom stereocenters. The molecule has 136 valence electrons. The largest absolute Gasteiger partial charge is 0.373 e. The highest BCUT2D eigenvalue weighted by Crippen LogP contribution is 2.20. The van der Waals surface area contributed by atoms with Crippen molar-refractivity contribution in [1.82, 2.24) is 9.88 Å². The van der Waals surface area contributed by atoms with Crippen molar-refractivity contribution in [2.45, 2.75) is 47.5 Å². The van der Waals surface area contributed by atoms with Crippen molar-refractivity contribution in [3.63, 3.8) is 0 Å². The SMILES string of the molecule is C/C=C(C(/C=c1/cc(NC)nc/c1=C\CC)=C/C)\N(C)/C(C)=C/CC. The molecule has 0 bridgehead atoms. The van der Waals surface area contributed by atoms with Gasteiger partial charge in [0.2, 0.25) is 0 Å². The molecule has 3 nitrogen and oxygen atoms in total. The van der Waals surface area contributed by atoms with Crippen LogP contribution in [0, 0.1) is 0 Å². The normalized spacial score (nSPS) is 14.9. The molecule has 1 aromatic heterocycles. The van der Waals surface area contributed by atoms with Gasteiger partial charge in [0.25, 0.3) is 0 Å². The van der Waals surface area contributed by atoms with E-state index >= 15 is 0 Å². The van der Waals surface area contributed by atoms with Gasteiger partial charge in [-0.1, -0.05) is 38.2 Å². The van der Waals surface area contributed by atoms with Gasteiger partial charge in [-0.3, -0.25) is 0 Å². The molecule has 0 aromatic carbocycles. The van der Waals surface area contributed by atoms with Crippen LogP contribution in [-0.2, 0) is 0 Å². The lowest BCUT2D eigenvalue weighted by molar-refractivity contribution is 0.529. The topological polar surface area (TPSA) is 28.2 Å². The summed E-state index contributed by atoms with van der Waals surface area (Å²) in [6.07, 6.45) is 15.0. The molecule has 25 heavy (non-hydrogen) atoms. The lowest BCUT2D eigenvalue weighted by atomic mass is 10.1. The van der Waals surface area contributed by atoms with E-state index < -0.39 is 0 Å². The first-order valence-electron chi connectivity index (χ1n) is 9.11. The fraction of sp³-hybridized carbons (Fsp3) is 0.409. The van der Waals surface area contributed by atoms with Gasteiger partial charge < -0.3 is 10.2 Å². The van der Waals surface area contributed by atoms with E-state index in [0.717, 1.165) is 18.7 Å². The van der Waals surface area contributed by atoms with Gasteiger partial charge in [0, 0.05) is 31.7 Å². The number of nitrogens with one attached hydrogen (secondary N) is 1. The van der Waals surface area contributed by atoms with Gasteiger partial charge >= 0.3 is 0 Å². The Morgan fingerprint density at radius 1 is 1.16 bits per heavy atom. The first-order chi connectivity index (χ1) is 12.0. The van der Waals surface area contributed by atoms with E-state index in [9.17, 15) is 0 Å². The standard InChI is InChI=1S/C22H33N3/c1-8-12-17(5)25(7)21(11-4)18(10-3)14-20-15-22(23-6)24-16-19(20)13-9-2/h10-16,23H,8-9H2,1-7H3/b17-12+,18-10+,19-13+,20-14-,21-11-. The van der Waals surface area contributed by atoms with Gasteiger partial charge in [0.1, 0.15) is 5.82 Å². The number of anilines is 1. The maximum Gasteiger partial charge on any atom is 0.126 e. The maximum atomic E-state index is 4.45. The highest BCUT2D eigenvalue weighted by Gasteiger charge is 2.08. The highest BCUT2D eigenvalue weighted by molar-refractivity contribution is 5.59. The first-order valence-corrected chi connectivity index (χ1v) is 9.11.